The molecule has 1 amide bonds. The fourth-order valence-corrected chi connectivity index (χ4v) is 3.60. The molecule has 122 valence electrons. The van der Waals surface area contributed by atoms with Crippen LogP contribution in [0.4, 0.5) is 0 Å². The second kappa shape index (κ2) is 7.68. The van der Waals surface area contributed by atoms with Crippen molar-refractivity contribution in [2.45, 2.75) is 32.6 Å². The summed E-state index contributed by atoms with van der Waals surface area (Å²) in [6, 6.07) is 7.86. The highest BCUT2D eigenvalue weighted by Crippen LogP contribution is 2.33. The molecule has 0 unspecified atom stereocenters. The number of amides is 1. The van der Waals surface area contributed by atoms with Crippen LogP contribution in [-0.4, -0.2) is 35.7 Å². The quantitative estimate of drug-likeness (QED) is 0.606. The average molecular weight is 330 g/mol. The van der Waals surface area contributed by atoms with Gasteiger partial charge in [-0.25, -0.2) is 0 Å². The molecule has 1 fully saturated rings. The van der Waals surface area contributed by atoms with E-state index in [4.69, 9.17) is 4.74 Å². The first kappa shape index (κ1) is 16.1. The molecule has 0 N–H and O–H groups in total. The van der Waals surface area contributed by atoms with Gasteiger partial charge in [0.15, 0.2) is 5.17 Å². The van der Waals surface area contributed by atoms with Crippen molar-refractivity contribution in [3.05, 3.63) is 34.7 Å². The third kappa shape index (κ3) is 3.96. The second-order valence-electron chi connectivity index (χ2n) is 5.74. The molecule has 0 atom stereocenters. The van der Waals surface area contributed by atoms with Crippen molar-refractivity contribution in [2.24, 2.45) is 4.99 Å². The molecule has 3 rings (SSSR count). The normalized spacial score (nSPS) is 19.5. The average Bonchev–Trinajstić information content (AvgIpc) is 3.20. The third-order valence-corrected chi connectivity index (χ3v) is 4.99. The highest BCUT2D eigenvalue weighted by molar-refractivity contribution is 8.18. The zero-order chi connectivity index (χ0) is 16.1. The number of nitrogens with zero attached hydrogens (tertiary/aromatic N) is 2. The lowest BCUT2D eigenvalue weighted by Crippen LogP contribution is -2.23. The Kier molecular flexibility index (Phi) is 5.39. The van der Waals surface area contributed by atoms with Gasteiger partial charge in [-0.2, -0.15) is 4.99 Å². The molecule has 0 spiro atoms. The molecule has 5 heteroatoms. The van der Waals surface area contributed by atoms with Crippen LogP contribution in [-0.2, 0) is 4.79 Å². The summed E-state index contributed by atoms with van der Waals surface area (Å²) in [6.07, 6.45) is 6.40. The van der Waals surface area contributed by atoms with Crippen molar-refractivity contribution in [2.75, 3.05) is 19.7 Å². The number of carbonyl (C=O) groups excluding carboxylic acids is 1. The van der Waals surface area contributed by atoms with Gasteiger partial charge in [0.25, 0.3) is 5.91 Å². The molecule has 0 aromatic heterocycles. The Morgan fingerprint density at radius 2 is 2.09 bits per heavy atom. The van der Waals surface area contributed by atoms with Crippen LogP contribution in [0.5, 0.6) is 5.75 Å². The fourth-order valence-electron chi connectivity index (χ4n) is 2.64. The molecule has 1 aromatic carbocycles. The van der Waals surface area contributed by atoms with E-state index in [-0.39, 0.29) is 5.91 Å². The molecule has 4 nitrogen and oxygen atoms in total. The largest absolute Gasteiger partial charge is 0.493 e. The van der Waals surface area contributed by atoms with Crippen LogP contribution in [0.15, 0.2) is 34.2 Å². The van der Waals surface area contributed by atoms with Crippen LogP contribution < -0.4 is 4.74 Å². The number of para-hydroxylation sites is 1. The van der Waals surface area contributed by atoms with Gasteiger partial charge in [0.1, 0.15) is 5.75 Å². The molecule has 0 saturated carbocycles. The Hall–Kier alpha value is -1.75. The van der Waals surface area contributed by atoms with E-state index >= 15 is 0 Å². The highest BCUT2D eigenvalue weighted by atomic mass is 32.2. The molecule has 2 heterocycles. The summed E-state index contributed by atoms with van der Waals surface area (Å²) < 4.78 is 5.84. The summed E-state index contributed by atoms with van der Waals surface area (Å²) in [5.74, 6) is 0.691. The van der Waals surface area contributed by atoms with E-state index in [9.17, 15) is 4.79 Å². The Morgan fingerprint density at radius 3 is 2.87 bits per heavy atom. The summed E-state index contributed by atoms with van der Waals surface area (Å²) >= 11 is 1.48. The van der Waals surface area contributed by atoms with E-state index < -0.39 is 0 Å². The maximum Gasteiger partial charge on any atom is 0.286 e. The number of ether oxygens (including phenoxy) is 1. The number of unbranched alkanes of at least 4 members (excludes halogenated alkanes) is 1. The van der Waals surface area contributed by atoms with Gasteiger partial charge in [-0.1, -0.05) is 31.5 Å². The minimum Gasteiger partial charge on any atom is -0.493 e. The SMILES string of the molecule is CCCCOc1ccccc1C=C1SC(N2CCCC2)=NC1=O. The number of carbonyl (C=O) groups is 1. The van der Waals surface area contributed by atoms with Crippen LogP contribution in [0, 0.1) is 0 Å². The lowest BCUT2D eigenvalue weighted by atomic mass is 10.2. The predicted octanol–water partition coefficient (Wildman–Crippen LogP) is 3.93. The van der Waals surface area contributed by atoms with E-state index in [1.165, 1.54) is 24.6 Å². The van der Waals surface area contributed by atoms with Gasteiger partial charge in [0, 0.05) is 18.7 Å². The minimum absolute atomic E-state index is 0.139. The van der Waals surface area contributed by atoms with Gasteiger partial charge in [0.05, 0.1) is 11.5 Å². The molecule has 2 aliphatic rings. The van der Waals surface area contributed by atoms with E-state index in [0.29, 0.717) is 11.5 Å². The molecule has 1 saturated heterocycles. The van der Waals surface area contributed by atoms with Gasteiger partial charge >= 0.3 is 0 Å². The van der Waals surface area contributed by atoms with Crippen molar-refractivity contribution in [1.29, 1.82) is 0 Å². The number of hydrogen-bond acceptors (Lipinski definition) is 4. The Balaban J connectivity index is 1.73. The molecule has 0 bridgehead atoms. The molecule has 0 aliphatic carbocycles. The molecule has 0 radical (unpaired) electrons. The first-order valence-corrected chi connectivity index (χ1v) is 9.09. The van der Waals surface area contributed by atoms with Crippen molar-refractivity contribution < 1.29 is 9.53 Å². The lowest BCUT2D eigenvalue weighted by Gasteiger charge is -2.14. The van der Waals surface area contributed by atoms with Crippen LogP contribution in [0.1, 0.15) is 38.2 Å². The smallest absolute Gasteiger partial charge is 0.286 e. The van der Waals surface area contributed by atoms with E-state index in [1.807, 2.05) is 30.3 Å². The fraction of sp³-hybridized carbons (Fsp3) is 0.444. The first-order chi connectivity index (χ1) is 11.3. The number of likely N-dealkylation sites (tertiary alicyclic amines) is 1. The highest BCUT2D eigenvalue weighted by Gasteiger charge is 2.27. The summed E-state index contributed by atoms with van der Waals surface area (Å²) in [5, 5.41) is 0.850. The van der Waals surface area contributed by atoms with Gasteiger partial charge in [-0.05, 0) is 43.2 Å². The third-order valence-electron chi connectivity index (χ3n) is 3.95. The van der Waals surface area contributed by atoms with E-state index in [0.717, 1.165) is 42.4 Å². The van der Waals surface area contributed by atoms with Gasteiger partial charge in [-0.3, -0.25) is 4.79 Å². The molecular formula is C18H22N2O2S. The maximum atomic E-state index is 12.2. The van der Waals surface area contributed by atoms with E-state index in [1.54, 1.807) is 0 Å². The summed E-state index contributed by atoms with van der Waals surface area (Å²) in [5.41, 5.74) is 0.942. The molecule has 2 aliphatic heterocycles. The number of benzene rings is 1. The monoisotopic (exact) mass is 330 g/mol. The standard InChI is InChI=1S/C18H22N2O2S/c1-2-3-12-22-15-9-5-4-8-14(15)13-16-17(21)19-18(23-16)20-10-6-7-11-20/h4-5,8-9,13H,2-3,6-7,10-12H2,1H3. The minimum atomic E-state index is -0.139. The molecule has 23 heavy (non-hydrogen) atoms. The molecule has 1 aromatic rings. The van der Waals surface area contributed by atoms with Gasteiger partial charge in [-0.15, -0.1) is 0 Å². The zero-order valence-corrected chi connectivity index (χ0v) is 14.3. The lowest BCUT2D eigenvalue weighted by molar-refractivity contribution is -0.113. The number of thioether (sulfide) groups is 1. The number of amidine groups is 1. The predicted molar refractivity (Wildman–Crippen MR) is 95.7 cm³/mol. The van der Waals surface area contributed by atoms with Crippen LogP contribution >= 0.6 is 11.8 Å². The maximum absolute atomic E-state index is 12.2. The van der Waals surface area contributed by atoms with Crippen molar-refractivity contribution in [3.63, 3.8) is 0 Å². The van der Waals surface area contributed by atoms with Crippen molar-refractivity contribution in [3.8, 4) is 5.75 Å². The number of rotatable bonds is 5. The van der Waals surface area contributed by atoms with Crippen molar-refractivity contribution in [1.82, 2.24) is 4.90 Å². The van der Waals surface area contributed by atoms with Gasteiger partial charge < -0.3 is 9.64 Å². The first-order valence-electron chi connectivity index (χ1n) is 8.27. The van der Waals surface area contributed by atoms with Gasteiger partial charge in [0.2, 0.25) is 0 Å². The van der Waals surface area contributed by atoms with Crippen LogP contribution in [0.3, 0.4) is 0 Å². The summed E-state index contributed by atoms with van der Waals surface area (Å²) in [4.78, 5) is 19.3. The summed E-state index contributed by atoms with van der Waals surface area (Å²) in [7, 11) is 0. The number of aliphatic imine (C=N–C) groups is 1. The summed E-state index contributed by atoms with van der Waals surface area (Å²) in [6.45, 7) is 4.85. The number of hydrogen-bond donors (Lipinski definition) is 0. The Bertz CT molecular complexity index is 634. The second-order valence-corrected chi connectivity index (χ2v) is 6.75. The Labute approximate surface area is 141 Å². The van der Waals surface area contributed by atoms with Crippen LogP contribution in [0.2, 0.25) is 0 Å². The van der Waals surface area contributed by atoms with Crippen molar-refractivity contribution >= 4 is 28.9 Å². The topological polar surface area (TPSA) is 41.9 Å². The Morgan fingerprint density at radius 1 is 1.30 bits per heavy atom. The van der Waals surface area contributed by atoms with E-state index in [2.05, 4.69) is 16.8 Å². The zero-order valence-electron chi connectivity index (χ0n) is 13.5. The molecular weight excluding hydrogens is 308 g/mol. The van der Waals surface area contributed by atoms with Crippen LogP contribution in [0.25, 0.3) is 6.08 Å².